The van der Waals surface area contributed by atoms with Gasteiger partial charge in [0.05, 0.1) is 16.1 Å². The fourth-order valence-corrected chi connectivity index (χ4v) is 4.86. The molecule has 1 saturated carbocycles. The number of halogens is 1. The van der Waals surface area contributed by atoms with Gasteiger partial charge in [0.15, 0.2) is 20.7 Å². The van der Waals surface area contributed by atoms with Crippen LogP contribution in [0.2, 0.25) is 5.02 Å². The molecule has 0 atom stereocenters. The zero-order chi connectivity index (χ0) is 21.9. The van der Waals surface area contributed by atoms with Crippen molar-refractivity contribution in [3.05, 3.63) is 39.9 Å². The van der Waals surface area contributed by atoms with E-state index in [1.165, 1.54) is 18.2 Å². The number of nitrogens with one attached hydrogen (secondary N) is 1. The number of aromatic carboxylic acids is 1. The predicted molar refractivity (Wildman–Crippen MR) is 112 cm³/mol. The molecule has 0 aliphatic heterocycles. The van der Waals surface area contributed by atoms with Crippen LogP contribution in [0.1, 0.15) is 40.9 Å². The molecule has 0 radical (unpaired) electrons. The largest absolute Gasteiger partial charge is 0.477 e. The normalized spacial score (nSPS) is 15.2. The Morgan fingerprint density at radius 2 is 2.03 bits per heavy atom. The number of nitrogens with zero attached hydrogens (tertiary/aromatic N) is 2. The Kier molecular flexibility index (Phi) is 6.74. The van der Waals surface area contributed by atoms with Gasteiger partial charge in [-0.2, -0.15) is 0 Å². The van der Waals surface area contributed by atoms with E-state index in [1.807, 2.05) is 0 Å². The lowest BCUT2D eigenvalue weighted by molar-refractivity contribution is -0.110. The maximum absolute atomic E-state index is 12.8. The summed E-state index contributed by atoms with van der Waals surface area (Å²) < 4.78 is 23.6. The molecule has 1 aromatic carbocycles. The second-order valence-corrected chi connectivity index (χ2v) is 10.1. The van der Waals surface area contributed by atoms with Gasteiger partial charge >= 0.3 is 5.97 Å². The standard InChI is InChI=1S/C18H18ClN3O6S2/c1-30(26,27)14-7-6-10(8-12(14)19)15(22-28-11-4-2-3-5-11)16(23)21-18-20-9-13(29-18)17(24)25/h6-9,11H,2-5H2,1H3,(H,24,25)(H,20,21,23). The van der Waals surface area contributed by atoms with Crippen molar-refractivity contribution in [2.45, 2.75) is 36.7 Å². The Labute approximate surface area is 181 Å². The van der Waals surface area contributed by atoms with Crippen molar-refractivity contribution in [1.82, 2.24) is 4.98 Å². The molecule has 2 N–H and O–H groups in total. The molecule has 1 aliphatic rings. The summed E-state index contributed by atoms with van der Waals surface area (Å²) in [6.45, 7) is 0. The van der Waals surface area contributed by atoms with Crippen LogP contribution in [0, 0.1) is 0 Å². The molecule has 30 heavy (non-hydrogen) atoms. The molecule has 0 saturated heterocycles. The molecule has 0 spiro atoms. The summed E-state index contributed by atoms with van der Waals surface area (Å²) in [5.74, 6) is -1.85. The number of benzene rings is 1. The topological polar surface area (TPSA) is 135 Å². The molecule has 1 aliphatic carbocycles. The number of hydrogen-bond acceptors (Lipinski definition) is 8. The average molecular weight is 472 g/mol. The Morgan fingerprint density at radius 1 is 1.33 bits per heavy atom. The quantitative estimate of drug-likeness (QED) is 0.467. The minimum absolute atomic E-state index is 0.0356. The second-order valence-electron chi connectivity index (χ2n) is 6.66. The van der Waals surface area contributed by atoms with E-state index < -0.39 is 21.7 Å². The van der Waals surface area contributed by atoms with Gasteiger partial charge in [0.2, 0.25) is 0 Å². The molecular weight excluding hydrogens is 454 g/mol. The van der Waals surface area contributed by atoms with Crippen LogP contribution in [0.3, 0.4) is 0 Å². The third-order valence-corrected chi connectivity index (χ3v) is 6.83. The van der Waals surface area contributed by atoms with E-state index in [-0.39, 0.29) is 37.3 Å². The number of carboxylic acid groups (broad SMARTS) is 1. The summed E-state index contributed by atoms with van der Waals surface area (Å²) in [5, 5.41) is 15.5. The third-order valence-electron chi connectivity index (χ3n) is 4.35. The van der Waals surface area contributed by atoms with Crippen molar-refractivity contribution < 1.29 is 28.0 Å². The molecular formula is C18H18ClN3O6S2. The Hall–Kier alpha value is -2.50. The molecule has 1 heterocycles. The van der Waals surface area contributed by atoms with Crippen molar-refractivity contribution in [3.8, 4) is 0 Å². The van der Waals surface area contributed by atoms with Crippen LogP contribution in [0.25, 0.3) is 0 Å². The highest BCUT2D eigenvalue weighted by atomic mass is 35.5. The first-order valence-corrected chi connectivity index (χ1v) is 12.0. The SMILES string of the molecule is CS(=O)(=O)c1ccc(C(=NOC2CCCC2)C(=O)Nc2ncc(C(=O)O)s2)cc1Cl. The van der Waals surface area contributed by atoms with Gasteiger partial charge in [0.25, 0.3) is 5.91 Å². The lowest BCUT2D eigenvalue weighted by Gasteiger charge is -2.11. The van der Waals surface area contributed by atoms with Crippen LogP contribution in [0.15, 0.2) is 34.4 Å². The predicted octanol–water partition coefficient (Wildman–Crippen LogP) is 3.20. The number of carbonyl (C=O) groups excluding carboxylic acids is 1. The lowest BCUT2D eigenvalue weighted by Crippen LogP contribution is -2.25. The Balaban J connectivity index is 1.91. The fourth-order valence-electron chi connectivity index (χ4n) is 2.88. The number of thiazole rings is 1. The van der Waals surface area contributed by atoms with Crippen LogP contribution >= 0.6 is 22.9 Å². The number of oxime groups is 1. The minimum atomic E-state index is -3.54. The van der Waals surface area contributed by atoms with E-state index in [0.29, 0.717) is 0 Å². The summed E-state index contributed by atoms with van der Waals surface area (Å²) in [4.78, 5) is 33.1. The number of rotatable bonds is 7. The maximum atomic E-state index is 12.8. The molecule has 2 aromatic rings. The van der Waals surface area contributed by atoms with Gasteiger partial charge in [0, 0.05) is 11.8 Å². The zero-order valence-corrected chi connectivity index (χ0v) is 18.2. The zero-order valence-electron chi connectivity index (χ0n) is 15.8. The number of amides is 1. The van der Waals surface area contributed by atoms with E-state index >= 15 is 0 Å². The summed E-state index contributed by atoms with van der Waals surface area (Å²) in [7, 11) is -3.54. The number of anilines is 1. The summed E-state index contributed by atoms with van der Waals surface area (Å²) in [6.07, 6.45) is 5.70. The van der Waals surface area contributed by atoms with Gasteiger partial charge < -0.3 is 9.94 Å². The smallest absolute Gasteiger partial charge is 0.347 e. The van der Waals surface area contributed by atoms with Gasteiger partial charge in [-0.25, -0.2) is 18.2 Å². The van der Waals surface area contributed by atoms with Gasteiger partial charge in [0.1, 0.15) is 11.0 Å². The van der Waals surface area contributed by atoms with Gasteiger partial charge in [-0.15, -0.1) is 0 Å². The van der Waals surface area contributed by atoms with Gasteiger partial charge in [-0.3, -0.25) is 10.1 Å². The molecule has 3 rings (SSSR count). The number of aromatic nitrogens is 1. The van der Waals surface area contributed by atoms with E-state index in [0.717, 1.165) is 49.5 Å². The highest BCUT2D eigenvalue weighted by Gasteiger charge is 2.23. The van der Waals surface area contributed by atoms with E-state index in [9.17, 15) is 18.0 Å². The van der Waals surface area contributed by atoms with Crippen LogP contribution in [0.4, 0.5) is 5.13 Å². The second kappa shape index (κ2) is 9.11. The summed E-state index contributed by atoms with van der Waals surface area (Å²) in [6, 6.07) is 4.01. The van der Waals surface area contributed by atoms with Gasteiger partial charge in [-0.1, -0.05) is 34.2 Å². The maximum Gasteiger partial charge on any atom is 0.347 e. The van der Waals surface area contributed by atoms with Crippen molar-refractivity contribution in [2.24, 2.45) is 5.16 Å². The molecule has 1 amide bonds. The number of sulfone groups is 1. The van der Waals surface area contributed by atoms with Crippen LogP contribution < -0.4 is 5.32 Å². The molecule has 12 heteroatoms. The Morgan fingerprint density at radius 3 is 2.60 bits per heavy atom. The molecule has 0 unspecified atom stereocenters. The van der Waals surface area contributed by atoms with Crippen LogP contribution in [0.5, 0.6) is 0 Å². The van der Waals surface area contributed by atoms with Crippen LogP contribution in [-0.4, -0.2) is 48.5 Å². The number of carboxylic acids is 1. The molecule has 160 valence electrons. The summed E-state index contributed by atoms with van der Waals surface area (Å²) in [5.41, 5.74) is 0.119. The molecule has 1 aromatic heterocycles. The number of carbonyl (C=O) groups is 2. The first-order chi connectivity index (χ1) is 14.1. The molecule has 9 nitrogen and oxygen atoms in total. The summed E-state index contributed by atoms with van der Waals surface area (Å²) >= 11 is 6.90. The monoisotopic (exact) mass is 471 g/mol. The molecule has 1 fully saturated rings. The first kappa shape index (κ1) is 22.2. The van der Waals surface area contributed by atoms with E-state index in [2.05, 4.69) is 15.5 Å². The highest BCUT2D eigenvalue weighted by Crippen LogP contribution is 2.25. The van der Waals surface area contributed by atoms with E-state index in [4.69, 9.17) is 21.5 Å². The van der Waals surface area contributed by atoms with Crippen LogP contribution in [-0.2, 0) is 19.5 Å². The van der Waals surface area contributed by atoms with Crippen molar-refractivity contribution in [1.29, 1.82) is 0 Å². The average Bonchev–Trinajstić information content (AvgIpc) is 3.33. The van der Waals surface area contributed by atoms with Gasteiger partial charge in [-0.05, 0) is 37.8 Å². The first-order valence-electron chi connectivity index (χ1n) is 8.89. The third kappa shape index (κ3) is 5.35. The fraction of sp³-hybridized carbons (Fsp3) is 0.333. The highest BCUT2D eigenvalue weighted by molar-refractivity contribution is 7.90. The lowest BCUT2D eigenvalue weighted by atomic mass is 10.1. The van der Waals surface area contributed by atoms with Crippen molar-refractivity contribution in [3.63, 3.8) is 0 Å². The van der Waals surface area contributed by atoms with Crippen molar-refractivity contribution >= 4 is 55.5 Å². The molecule has 0 bridgehead atoms. The number of hydrogen-bond donors (Lipinski definition) is 2. The Bertz CT molecular complexity index is 1110. The van der Waals surface area contributed by atoms with E-state index in [1.54, 1.807) is 0 Å². The van der Waals surface area contributed by atoms with Crippen molar-refractivity contribution in [2.75, 3.05) is 11.6 Å². The minimum Gasteiger partial charge on any atom is -0.477 e.